The van der Waals surface area contributed by atoms with Crippen LogP contribution in [0.2, 0.25) is 0 Å². The Bertz CT molecular complexity index is 1550. The first-order valence-corrected chi connectivity index (χ1v) is 12.7. The van der Waals surface area contributed by atoms with Crippen LogP contribution in [0.5, 0.6) is 11.5 Å². The average molecular weight is 527 g/mol. The van der Waals surface area contributed by atoms with Crippen LogP contribution in [0.4, 0.5) is 4.39 Å². The van der Waals surface area contributed by atoms with Gasteiger partial charge in [0.2, 0.25) is 5.82 Å². The maximum Gasteiger partial charge on any atom is 0.204 e. The molecule has 4 rings (SSSR count). The van der Waals surface area contributed by atoms with Crippen molar-refractivity contribution in [1.29, 1.82) is 5.26 Å². The smallest absolute Gasteiger partial charge is 0.204 e. The molecule has 4 aromatic rings. The molecule has 1 aromatic carbocycles. The van der Waals surface area contributed by atoms with E-state index in [4.69, 9.17) is 19.2 Å². The van der Waals surface area contributed by atoms with Gasteiger partial charge in [0, 0.05) is 12.4 Å². The highest BCUT2D eigenvalue weighted by Gasteiger charge is 2.37. The van der Waals surface area contributed by atoms with Crippen LogP contribution in [-0.2, 0) is 21.3 Å². The van der Waals surface area contributed by atoms with Crippen LogP contribution in [0.3, 0.4) is 0 Å². The summed E-state index contributed by atoms with van der Waals surface area (Å²) in [6, 6.07) is 10.3. The molecule has 13 heteroatoms. The molecule has 0 aliphatic carbocycles. The van der Waals surface area contributed by atoms with E-state index in [1.165, 1.54) is 18.8 Å². The highest BCUT2D eigenvalue weighted by molar-refractivity contribution is 7.90. The highest BCUT2D eigenvalue weighted by atomic mass is 32.2. The molecule has 11 nitrogen and oxygen atoms in total. The summed E-state index contributed by atoms with van der Waals surface area (Å²) in [5, 5.41) is 17.2. The summed E-state index contributed by atoms with van der Waals surface area (Å²) < 4.78 is 60.2. The Kier molecular flexibility index (Phi) is 6.95. The van der Waals surface area contributed by atoms with Gasteiger partial charge in [-0.1, -0.05) is 6.07 Å². The first-order chi connectivity index (χ1) is 17.6. The van der Waals surface area contributed by atoms with Crippen molar-refractivity contribution in [2.24, 2.45) is 0 Å². The molecule has 0 aliphatic rings. The summed E-state index contributed by atoms with van der Waals surface area (Å²) in [7, 11) is -1.22. The number of aromatic nitrogens is 5. The van der Waals surface area contributed by atoms with Gasteiger partial charge in [-0.25, -0.2) is 22.8 Å². The molecule has 3 heterocycles. The van der Waals surface area contributed by atoms with Crippen molar-refractivity contribution in [3.63, 3.8) is 0 Å². The second-order valence-electron chi connectivity index (χ2n) is 8.33. The number of hydrogen-bond acceptors (Lipinski definition) is 10. The molecule has 0 amide bonds. The van der Waals surface area contributed by atoms with Crippen LogP contribution in [0.25, 0.3) is 17.3 Å². The van der Waals surface area contributed by atoms with E-state index in [0.29, 0.717) is 28.7 Å². The van der Waals surface area contributed by atoms with E-state index in [9.17, 15) is 8.42 Å². The number of para-hydroxylation sites is 1. The van der Waals surface area contributed by atoms with Gasteiger partial charge >= 0.3 is 0 Å². The third kappa shape index (κ3) is 5.29. The predicted molar refractivity (Wildman–Crippen MR) is 130 cm³/mol. The minimum atomic E-state index is -4.15. The predicted octanol–water partition coefficient (Wildman–Crippen LogP) is 3.31. The van der Waals surface area contributed by atoms with E-state index >= 15 is 4.39 Å². The zero-order valence-electron chi connectivity index (χ0n) is 20.5. The second-order valence-corrected chi connectivity index (χ2v) is 10.4. The molecule has 0 bridgehead atoms. The Morgan fingerprint density at radius 2 is 1.76 bits per heavy atom. The van der Waals surface area contributed by atoms with Gasteiger partial charge in [-0.05, 0) is 38.1 Å². The number of alkyl halides is 1. The Balaban J connectivity index is 1.78. The van der Waals surface area contributed by atoms with Crippen molar-refractivity contribution >= 4 is 9.84 Å². The number of methoxy groups -OCH3 is 2. The molecular formula is C24H23FN6O5S. The number of nitrogens with zero attached hydrogens (tertiary/aromatic N) is 6. The van der Waals surface area contributed by atoms with Crippen LogP contribution in [0, 0.1) is 18.3 Å². The van der Waals surface area contributed by atoms with Crippen molar-refractivity contribution in [3.8, 4) is 34.8 Å². The van der Waals surface area contributed by atoms with Crippen LogP contribution >= 0.6 is 0 Å². The summed E-state index contributed by atoms with van der Waals surface area (Å²) in [4.78, 5) is 7.63. The number of sulfone groups is 1. The maximum atomic E-state index is 15.5. The van der Waals surface area contributed by atoms with E-state index < -0.39 is 27.0 Å². The lowest BCUT2D eigenvalue weighted by atomic mass is 10.1. The highest BCUT2D eigenvalue weighted by Crippen LogP contribution is 2.37. The van der Waals surface area contributed by atoms with Gasteiger partial charge in [-0.2, -0.15) is 5.26 Å². The Morgan fingerprint density at radius 3 is 2.30 bits per heavy atom. The van der Waals surface area contributed by atoms with E-state index in [2.05, 4.69) is 20.2 Å². The fourth-order valence-corrected chi connectivity index (χ4v) is 5.43. The molecular weight excluding hydrogens is 503 g/mol. The zero-order chi connectivity index (χ0) is 26.8. The van der Waals surface area contributed by atoms with Gasteiger partial charge < -0.3 is 13.9 Å². The lowest BCUT2D eigenvalue weighted by Crippen LogP contribution is -2.30. The molecule has 3 aromatic heterocycles. The van der Waals surface area contributed by atoms with Gasteiger partial charge in [0.05, 0.1) is 25.5 Å². The fourth-order valence-electron chi connectivity index (χ4n) is 3.79. The van der Waals surface area contributed by atoms with Gasteiger partial charge in [-0.15, -0.1) is 10.2 Å². The quantitative estimate of drug-likeness (QED) is 0.318. The minimum absolute atomic E-state index is 0.0107. The Hall–Kier alpha value is -4.31. The van der Waals surface area contributed by atoms with Crippen LogP contribution in [0.15, 0.2) is 47.1 Å². The first kappa shape index (κ1) is 25.8. The van der Waals surface area contributed by atoms with Gasteiger partial charge in [0.25, 0.3) is 0 Å². The zero-order valence-corrected chi connectivity index (χ0v) is 21.3. The number of hydrogen-bond donors (Lipinski definition) is 0. The molecule has 0 radical (unpaired) electrons. The topological polar surface area (TPSA) is 146 Å². The van der Waals surface area contributed by atoms with E-state index in [1.54, 1.807) is 37.3 Å². The molecule has 192 valence electrons. The van der Waals surface area contributed by atoms with Crippen molar-refractivity contribution in [1.82, 2.24) is 24.7 Å². The summed E-state index contributed by atoms with van der Waals surface area (Å²) in [5.74, 6) is -0.0811. The summed E-state index contributed by atoms with van der Waals surface area (Å²) >= 11 is 0. The lowest BCUT2D eigenvalue weighted by Gasteiger charge is -2.19. The molecule has 0 N–H and O–H groups in total. The van der Waals surface area contributed by atoms with Crippen molar-refractivity contribution in [3.05, 3.63) is 65.7 Å². The van der Waals surface area contributed by atoms with E-state index in [1.807, 2.05) is 6.07 Å². The van der Waals surface area contributed by atoms with Crippen molar-refractivity contribution in [2.75, 3.05) is 20.0 Å². The maximum absolute atomic E-state index is 15.5. The number of furan rings is 1. The third-order valence-electron chi connectivity index (χ3n) is 5.40. The van der Waals surface area contributed by atoms with Crippen LogP contribution < -0.4 is 9.47 Å². The van der Waals surface area contributed by atoms with Gasteiger partial charge in [0.15, 0.2) is 32.9 Å². The third-order valence-corrected chi connectivity index (χ3v) is 7.08. The largest absolute Gasteiger partial charge is 0.494 e. The summed E-state index contributed by atoms with van der Waals surface area (Å²) in [5.41, 5.74) is -1.95. The van der Waals surface area contributed by atoms with Gasteiger partial charge in [-0.3, -0.25) is 4.57 Å². The SMILES string of the molecule is COc1cccc(OC)c1-n1c(CS(=O)(=O)C[C@@](C)(F)c2ncc(C#N)cn2)nnc1-c1ccc(C)o1. The number of nitriles is 1. The second kappa shape index (κ2) is 9.98. The Labute approximate surface area is 212 Å². The standard InChI is InChI=1S/C24H23FN6O5S/c1-15-8-9-19(36-15)22-30-29-20(31(22)21-17(34-3)6-5-7-18(21)35-4)13-37(32,33)14-24(2,25)23-27-11-16(10-26)12-28-23/h5-9,11-12H,13-14H2,1-4H3/t24-/m1/s1. The number of benzene rings is 1. The molecule has 0 saturated heterocycles. The molecule has 0 unspecified atom stereocenters. The van der Waals surface area contributed by atoms with Crippen LogP contribution in [-0.4, -0.2) is 53.1 Å². The number of halogens is 1. The number of rotatable bonds is 9. The fraction of sp³-hybridized carbons (Fsp3) is 0.292. The lowest BCUT2D eigenvalue weighted by molar-refractivity contribution is 0.209. The van der Waals surface area contributed by atoms with E-state index in [-0.39, 0.29) is 23.0 Å². The Morgan fingerprint density at radius 1 is 1.11 bits per heavy atom. The normalized spacial score (nSPS) is 13.1. The molecule has 37 heavy (non-hydrogen) atoms. The average Bonchev–Trinajstić information content (AvgIpc) is 3.48. The molecule has 0 spiro atoms. The van der Waals surface area contributed by atoms with Crippen molar-refractivity contribution < 1.29 is 26.7 Å². The van der Waals surface area contributed by atoms with Gasteiger partial charge in [0.1, 0.15) is 34.8 Å². The summed E-state index contributed by atoms with van der Waals surface area (Å²) in [6.07, 6.45) is 2.27. The number of aryl methyl sites for hydroxylation is 1. The van der Waals surface area contributed by atoms with Crippen molar-refractivity contribution in [2.45, 2.75) is 25.3 Å². The number of ether oxygens (including phenoxy) is 2. The monoisotopic (exact) mass is 526 g/mol. The molecule has 0 saturated carbocycles. The first-order valence-electron chi connectivity index (χ1n) is 10.9. The van der Waals surface area contributed by atoms with E-state index in [0.717, 1.165) is 19.3 Å². The van der Waals surface area contributed by atoms with Crippen LogP contribution in [0.1, 0.15) is 29.9 Å². The molecule has 0 fully saturated rings. The molecule has 1 atom stereocenters. The molecule has 0 aliphatic heterocycles. The minimum Gasteiger partial charge on any atom is -0.494 e. The summed E-state index contributed by atoms with van der Waals surface area (Å²) in [6.45, 7) is 2.82.